The summed E-state index contributed by atoms with van der Waals surface area (Å²) >= 11 is 0. The highest BCUT2D eigenvalue weighted by Gasteiger charge is 2.52. The summed E-state index contributed by atoms with van der Waals surface area (Å²) in [5, 5.41) is 3.00. The van der Waals surface area contributed by atoms with Gasteiger partial charge in [-0.2, -0.15) is 0 Å². The SMILES string of the molecule is C=CNc1nccc(B2OC(C)(C)C(C)(C)O2)c1C=C. The topological polar surface area (TPSA) is 43.4 Å². The van der Waals surface area contributed by atoms with Gasteiger partial charge in [0.05, 0.1) is 11.2 Å². The zero-order valence-electron chi connectivity index (χ0n) is 12.6. The van der Waals surface area contributed by atoms with Crippen molar-refractivity contribution in [2.75, 3.05) is 5.32 Å². The summed E-state index contributed by atoms with van der Waals surface area (Å²) in [4.78, 5) is 4.28. The Kier molecular flexibility index (Phi) is 3.76. The molecule has 0 unspecified atom stereocenters. The molecule has 0 radical (unpaired) electrons. The number of nitrogens with zero attached hydrogens (tertiary/aromatic N) is 1. The molecule has 20 heavy (non-hydrogen) atoms. The van der Waals surface area contributed by atoms with Gasteiger partial charge in [0, 0.05) is 11.8 Å². The second-order valence-corrected chi connectivity index (χ2v) is 5.80. The number of aromatic nitrogens is 1. The van der Waals surface area contributed by atoms with Crippen LogP contribution in [-0.2, 0) is 9.31 Å². The zero-order chi connectivity index (χ0) is 15.0. The van der Waals surface area contributed by atoms with Crippen molar-refractivity contribution in [3.8, 4) is 0 Å². The van der Waals surface area contributed by atoms with Crippen molar-refractivity contribution in [1.29, 1.82) is 0 Å². The third kappa shape index (κ3) is 2.39. The quantitative estimate of drug-likeness (QED) is 0.855. The lowest BCUT2D eigenvalue weighted by atomic mass is 9.76. The molecule has 106 valence electrons. The molecule has 1 fully saturated rings. The largest absolute Gasteiger partial charge is 0.495 e. The van der Waals surface area contributed by atoms with Crippen LogP contribution in [0.3, 0.4) is 0 Å². The number of nitrogens with one attached hydrogen (secondary N) is 1. The van der Waals surface area contributed by atoms with Crippen LogP contribution in [0.5, 0.6) is 0 Å². The van der Waals surface area contributed by atoms with Crippen LogP contribution >= 0.6 is 0 Å². The van der Waals surface area contributed by atoms with Crippen LogP contribution in [-0.4, -0.2) is 23.3 Å². The summed E-state index contributed by atoms with van der Waals surface area (Å²) in [5.41, 5.74) is 1.04. The number of anilines is 1. The third-order valence-corrected chi connectivity index (χ3v) is 3.97. The second kappa shape index (κ2) is 5.07. The van der Waals surface area contributed by atoms with Crippen molar-refractivity contribution >= 4 is 24.5 Å². The summed E-state index contributed by atoms with van der Waals surface area (Å²) in [6.45, 7) is 15.6. The fourth-order valence-electron chi connectivity index (χ4n) is 2.09. The fraction of sp³-hybridized carbons (Fsp3) is 0.400. The summed E-state index contributed by atoms with van der Waals surface area (Å²) < 4.78 is 12.1. The summed E-state index contributed by atoms with van der Waals surface area (Å²) in [6, 6.07) is 1.90. The Balaban J connectivity index is 2.42. The number of hydrogen-bond donors (Lipinski definition) is 1. The van der Waals surface area contributed by atoms with Crippen LogP contribution < -0.4 is 10.8 Å². The molecule has 0 aliphatic carbocycles. The van der Waals surface area contributed by atoms with E-state index in [1.165, 1.54) is 0 Å². The van der Waals surface area contributed by atoms with Crippen molar-refractivity contribution in [2.45, 2.75) is 38.9 Å². The van der Waals surface area contributed by atoms with Gasteiger partial charge in [-0.1, -0.05) is 19.2 Å². The van der Waals surface area contributed by atoms with E-state index < -0.39 is 7.12 Å². The smallest absolute Gasteiger partial charge is 0.399 e. The first-order valence-electron chi connectivity index (χ1n) is 6.67. The van der Waals surface area contributed by atoms with E-state index in [1.807, 2.05) is 33.8 Å². The third-order valence-electron chi connectivity index (χ3n) is 3.97. The summed E-state index contributed by atoms with van der Waals surface area (Å²) in [6.07, 6.45) is 5.06. The Morgan fingerprint density at radius 2 is 1.80 bits per heavy atom. The number of hydrogen-bond acceptors (Lipinski definition) is 4. The lowest BCUT2D eigenvalue weighted by Crippen LogP contribution is -2.41. The molecule has 2 heterocycles. The molecule has 5 heteroatoms. The Morgan fingerprint density at radius 3 is 2.30 bits per heavy atom. The molecular weight excluding hydrogens is 251 g/mol. The predicted molar refractivity (Wildman–Crippen MR) is 83.9 cm³/mol. The Hall–Kier alpha value is -1.59. The van der Waals surface area contributed by atoms with Crippen LogP contribution in [0.4, 0.5) is 5.82 Å². The molecule has 4 nitrogen and oxygen atoms in total. The average molecular weight is 272 g/mol. The molecule has 1 aromatic heterocycles. The molecule has 1 aliphatic heterocycles. The van der Waals surface area contributed by atoms with E-state index in [4.69, 9.17) is 9.31 Å². The zero-order valence-corrected chi connectivity index (χ0v) is 12.6. The summed E-state index contributed by atoms with van der Waals surface area (Å²) in [7, 11) is -0.429. The van der Waals surface area contributed by atoms with Crippen LogP contribution in [0.2, 0.25) is 0 Å². The normalized spacial score (nSPS) is 19.7. The van der Waals surface area contributed by atoms with Crippen molar-refractivity contribution in [3.63, 3.8) is 0 Å². The van der Waals surface area contributed by atoms with Gasteiger partial charge in [0.25, 0.3) is 0 Å². The Labute approximate surface area is 121 Å². The summed E-state index contributed by atoms with van der Waals surface area (Å²) in [5.74, 6) is 0.696. The molecule has 0 amide bonds. The van der Waals surface area contributed by atoms with E-state index in [1.54, 1.807) is 18.5 Å². The van der Waals surface area contributed by atoms with Crippen molar-refractivity contribution in [1.82, 2.24) is 4.98 Å². The highest BCUT2D eigenvalue weighted by Crippen LogP contribution is 2.36. The lowest BCUT2D eigenvalue weighted by Gasteiger charge is -2.32. The molecule has 0 aromatic carbocycles. The van der Waals surface area contributed by atoms with Gasteiger partial charge in [0.2, 0.25) is 0 Å². The number of pyridine rings is 1. The maximum absolute atomic E-state index is 6.07. The van der Waals surface area contributed by atoms with E-state index >= 15 is 0 Å². The minimum absolute atomic E-state index is 0.370. The maximum atomic E-state index is 6.07. The van der Waals surface area contributed by atoms with Crippen molar-refractivity contribution < 1.29 is 9.31 Å². The standard InChI is InChI=1S/C15H21BN2O2/c1-7-11-12(9-10-18-13(11)17-8-2)16-19-14(3,4)15(5,6)20-16/h7-10H,1-2H2,3-6H3,(H,17,18). The molecule has 0 atom stereocenters. The van der Waals surface area contributed by atoms with Gasteiger partial charge in [-0.25, -0.2) is 4.98 Å². The van der Waals surface area contributed by atoms with Crippen molar-refractivity contribution in [2.24, 2.45) is 0 Å². The molecule has 0 saturated carbocycles. The van der Waals surface area contributed by atoms with Gasteiger partial charge in [0.1, 0.15) is 5.82 Å². The molecule has 1 aliphatic rings. The minimum atomic E-state index is -0.429. The van der Waals surface area contributed by atoms with E-state index in [9.17, 15) is 0 Å². The van der Waals surface area contributed by atoms with E-state index in [0.717, 1.165) is 11.0 Å². The van der Waals surface area contributed by atoms with E-state index in [2.05, 4.69) is 23.5 Å². The maximum Gasteiger partial charge on any atom is 0.495 e. The van der Waals surface area contributed by atoms with Gasteiger partial charge in [-0.15, -0.1) is 0 Å². The van der Waals surface area contributed by atoms with Gasteiger partial charge in [-0.3, -0.25) is 0 Å². The number of rotatable bonds is 4. The van der Waals surface area contributed by atoms with E-state index in [0.29, 0.717) is 5.82 Å². The van der Waals surface area contributed by atoms with Crippen LogP contribution in [0.15, 0.2) is 31.6 Å². The average Bonchev–Trinajstić information content (AvgIpc) is 2.58. The van der Waals surface area contributed by atoms with Gasteiger partial charge in [-0.05, 0) is 45.4 Å². The monoisotopic (exact) mass is 272 g/mol. The van der Waals surface area contributed by atoms with Gasteiger partial charge < -0.3 is 14.6 Å². The molecule has 0 bridgehead atoms. The van der Waals surface area contributed by atoms with Crippen molar-refractivity contribution in [3.05, 3.63) is 37.2 Å². The molecule has 1 saturated heterocycles. The fourth-order valence-corrected chi connectivity index (χ4v) is 2.09. The van der Waals surface area contributed by atoms with Crippen LogP contribution in [0, 0.1) is 0 Å². The van der Waals surface area contributed by atoms with Gasteiger partial charge >= 0.3 is 7.12 Å². The first kappa shape index (κ1) is 14.8. The first-order valence-corrected chi connectivity index (χ1v) is 6.67. The molecule has 1 N–H and O–H groups in total. The first-order chi connectivity index (χ1) is 9.32. The Morgan fingerprint density at radius 1 is 1.20 bits per heavy atom. The second-order valence-electron chi connectivity index (χ2n) is 5.80. The van der Waals surface area contributed by atoms with E-state index in [-0.39, 0.29) is 11.2 Å². The lowest BCUT2D eigenvalue weighted by molar-refractivity contribution is 0.00578. The molecule has 1 aromatic rings. The predicted octanol–water partition coefficient (Wildman–Crippen LogP) is 2.58. The molecular formula is C15H21BN2O2. The Bertz CT molecular complexity index is 525. The molecule has 0 spiro atoms. The highest BCUT2D eigenvalue weighted by atomic mass is 16.7. The van der Waals surface area contributed by atoms with Crippen LogP contribution in [0.25, 0.3) is 6.08 Å². The molecule has 2 rings (SSSR count). The van der Waals surface area contributed by atoms with Crippen LogP contribution in [0.1, 0.15) is 33.3 Å². The highest BCUT2D eigenvalue weighted by molar-refractivity contribution is 6.63. The minimum Gasteiger partial charge on any atom is -0.399 e. The van der Waals surface area contributed by atoms with Gasteiger partial charge in [0.15, 0.2) is 0 Å².